The largest absolute Gasteiger partial charge is 0.497 e. The van der Waals surface area contributed by atoms with Gasteiger partial charge >= 0.3 is 0 Å². The minimum Gasteiger partial charge on any atom is -0.497 e. The Labute approximate surface area is 106 Å². The third kappa shape index (κ3) is 3.33. The van der Waals surface area contributed by atoms with Crippen LogP contribution in [0.5, 0.6) is 5.75 Å². The molecule has 0 spiro atoms. The van der Waals surface area contributed by atoms with E-state index in [1.165, 1.54) is 13.2 Å². The number of anilines is 1. The van der Waals surface area contributed by atoms with Gasteiger partial charge in [-0.25, -0.2) is 0 Å². The fraction of sp³-hybridized carbons (Fsp3) is 0.500. The minimum atomic E-state index is -0.406. The third-order valence-corrected chi connectivity index (χ3v) is 2.69. The van der Waals surface area contributed by atoms with Gasteiger partial charge < -0.3 is 14.7 Å². The van der Waals surface area contributed by atoms with E-state index < -0.39 is 4.92 Å². The van der Waals surface area contributed by atoms with Crippen LogP contribution in [-0.4, -0.2) is 36.8 Å². The third-order valence-electron chi connectivity index (χ3n) is 2.69. The Hall–Kier alpha value is -1.82. The van der Waals surface area contributed by atoms with Crippen LogP contribution in [0.3, 0.4) is 0 Å². The van der Waals surface area contributed by atoms with Crippen LogP contribution in [0.15, 0.2) is 18.2 Å². The second kappa shape index (κ2) is 6.80. The number of benzene rings is 1. The summed E-state index contributed by atoms with van der Waals surface area (Å²) in [7, 11) is 1.52. The van der Waals surface area contributed by atoms with Crippen LogP contribution in [0.25, 0.3) is 0 Å². The molecule has 0 amide bonds. The Morgan fingerprint density at radius 1 is 1.50 bits per heavy atom. The van der Waals surface area contributed by atoms with Crippen LogP contribution in [0.2, 0.25) is 0 Å². The SMILES string of the molecule is CCN(CCCO)c1cc(OC)ccc1[N+](=O)[O-]. The van der Waals surface area contributed by atoms with Crippen molar-refractivity contribution in [1.29, 1.82) is 0 Å². The van der Waals surface area contributed by atoms with Crippen LogP contribution >= 0.6 is 0 Å². The van der Waals surface area contributed by atoms with E-state index >= 15 is 0 Å². The molecule has 0 aliphatic heterocycles. The van der Waals surface area contributed by atoms with Gasteiger partial charge in [0.25, 0.3) is 5.69 Å². The smallest absolute Gasteiger partial charge is 0.292 e. The number of nitro groups is 1. The van der Waals surface area contributed by atoms with Gasteiger partial charge in [0.2, 0.25) is 0 Å². The first-order valence-electron chi connectivity index (χ1n) is 5.82. The molecule has 1 N–H and O–H groups in total. The number of nitro benzene ring substituents is 1. The number of nitrogens with zero attached hydrogens (tertiary/aromatic N) is 2. The second-order valence-corrected chi connectivity index (χ2v) is 3.77. The highest BCUT2D eigenvalue weighted by Crippen LogP contribution is 2.32. The quantitative estimate of drug-likeness (QED) is 0.593. The van der Waals surface area contributed by atoms with E-state index in [9.17, 15) is 10.1 Å². The van der Waals surface area contributed by atoms with Gasteiger partial charge in [-0.15, -0.1) is 0 Å². The van der Waals surface area contributed by atoms with Gasteiger partial charge in [-0.05, 0) is 19.4 Å². The van der Waals surface area contributed by atoms with Gasteiger partial charge in [-0.3, -0.25) is 10.1 Å². The summed E-state index contributed by atoms with van der Waals surface area (Å²) >= 11 is 0. The van der Waals surface area contributed by atoms with Crippen LogP contribution in [-0.2, 0) is 0 Å². The summed E-state index contributed by atoms with van der Waals surface area (Å²) in [6.07, 6.45) is 0.572. The van der Waals surface area contributed by atoms with Crippen molar-refractivity contribution in [2.75, 3.05) is 31.7 Å². The summed E-state index contributed by atoms with van der Waals surface area (Å²) in [5.74, 6) is 0.582. The zero-order chi connectivity index (χ0) is 13.5. The van der Waals surface area contributed by atoms with Gasteiger partial charge in [-0.2, -0.15) is 0 Å². The lowest BCUT2D eigenvalue weighted by atomic mass is 10.2. The first-order chi connectivity index (χ1) is 8.63. The molecule has 0 aliphatic rings. The Morgan fingerprint density at radius 2 is 2.22 bits per heavy atom. The fourth-order valence-corrected chi connectivity index (χ4v) is 1.75. The molecular formula is C12H18N2O4. The number of rotatable bonds is 7. The molecule has 6 nitrogen and oxygen atoms in total. The maximum Gasteiger partial charge on any atom is 0.292 e. The molecule has 1 aromatic carbocycles. The van der Waals surface area contributed by atoms with E-state index in [0.717, 1.165) is 0 Å². The molecule has 6 heteroatoms. The molecule has 1 rings (SSSR count). The highest BCUT2D eigenvalue weighted by molar-refractivity contribution is 5.65. The van der Waals surface area contributed by atoms with Gasteiger partial charge in [0.1, 0.15) is 11.4 Å². The Kier molecular flexibility index (Phi) is 5.38. The standard InChI is InChI=1S/C12H18N2O4/c1-3-13(7-4-8-15)12-9-10(18-2)5-6-11(12)14(16)17/h5-6,9,15H,3-4,7-8H2,1-2H3. The lowest BCUT2D eigenvalue weighted by Gasteiger charge is -2.22. The first-order valence-corrected chi connectivity index (χ1v) is 5.82. The van der Waals surface area contributed by atoms with E-state index in [0.29, 0.717) is 30.9 Å². The van der Waals surface area contributed by atoms with Crippen molar-refractivity contribution >= 4 is 11.4 Å². The maximum absolute atomic E-state index is 11.0. The summed E-state index contributed by atoms with van der Waals surface area (Å²) in [4.78, 5) is 12.5. The number of hydrogen-bond acceptors (Lipinski definition) is 5. The summed E-state index contributed by atoms with van der Waals surface area (Å²) in [6.45, 7) is 3.18. The molecule has 0 bridgehead atoms. The van der Waals surface area contributed by atoms with Gasteiger partial charge in [0, 0.05) is 31.8 Å². The lowest BCUT2D eigenvalue weighted by molar-refractivity contribution is -0.384. The topological polar surface area (TPSA) is 75.8 Å². The summed E-state index contributed by atoms with van der Waals surface area (Å²) in [5.41, 5.74) is 0.575. The van der Waals surface area contributed by atoms with E-state index in [-0.39, 0.29) is 12.3 Å². The first kappa shape index (κ1) is 14.2. The van der Waals surface area contributed by atoms with Gasteiger partial charge in [-0.1, -0.05) is 0 Å². The number of aliphatic hydroxyl groups is 1. The van der Waals surface area contributed by atoms with Gasteiger partial charge in [0.15, 0.2) is 0 Å². The van der Waals surface area contributed by atoms with Crippen molar-refractivity contribution in [3.8, 4) is 5.75 Å². The zero-order valence-corrected chi connectivity index (χ0v) is 10.6. The van der Waals surface area contributed by atoms with Crippen molar-refractivity contribution in [1.82, 2.24) is 0 Å². The summed E-state index contributed by atoms with van der Waals surface area (Å²) in [5, 5.41) is 19.9. The highest BCUT2D eigenvalue weighted by atomic mass is 16.6. The van der Waals surface area contributed by atoms with Crippen LogP contribution in [0.1, 0.15) is 13.3 Å². The van der Waals surface area contributed by atoms with Crippen molar-refractivity contribution in [2.24, 2.45) is 0 Å². The molecule has 18 heavy (non-hydrogen) atoms. The predicted molar refractivity (Wildman–Crippen MR) is 69.2 cm³/mol. The average Bonchev–Trinajstić information content (AvgIpc) is 2.39. The fourth-order valence-electron chi connectivity index (χ4n) is 1.75. The Balaban J connectivity index is 3.11. The molecule has 0 atom stereocenters. The molecule has 1 aromatic rings. The molecule has 0 radical (unpaired) electrons. The monoisotopic (exact) mass is 254 g/mol. The van der Waals surface area contributed by atoms with Crippen LogP contribution < -0.4 is 9.64 Å². The van der Waals surface area contributed by atoms with Crippen molar-refractivity contribution in [2.45, 2.75) is 13.3 Å². The zero-order valence-electron chi connectivity index (χ0n) is 10.6. The van der Waals surface area contributed by atoms with Gasteiger partial charge in [0.05, 0.1) is 12.0 Å². The number of ether oxygens (including phenoxy) is 1. The molecule has 0 aliphatic carbocycles. The molecule has 0 unspecified atom stereocenters. The minimum absolute atomic E-state index is 0.0515. The number of methoxy groups -OCH3 is 1. The van der Waals surface area contributed by atoms with Crippen LogP contribution in [0, 0.1) is 10.1 Å². The lowest BCUT2D eigenvalue weighted by Crippen LogP contribution is -2.25. The molecule has 0 saturated carbocycles. The molecule has 0 fully saturated rings. The Bertz CT molecular complexity index is 409. The Morgan fingerprint density at radius 3 is 2.72 bits per heavy atom. The van der Waals surface area contributed by atoms with Crippen molar-refractivity contribution < 1.29 is 14.8 Å². The van der Waals surface area contributed by atoms with Crippen molar-refractivity contribution in [3.63, 3.8) is 0 Å². The average molecular weight is 254 g/mol. The number of hydrogen-bond donors (Lipinski definition) is 1. The maximum atomic E-state index is 11.0. The van der Waals surface area contributed by atoms with Crippen molar-refractivity contribution in [3.05, 3.63) is 28.3 Å². The van der Waals surface area contributed by atoms with E-state index in [2.05, 4.69) is 0 Å². The van der Waals surface area contributed by atoms with E-state index in [1.54, 1.807) is 12.1 Å². The summed E-state index contributed by atoms with van der Waals surface area (Å²) in [6, 6.07) is 4.66. The molecular weight excluding hydrogens is 236 g/mol. The molecule has 0 aromatic heterocycles. The van der Waals surface area contributed by atoms with E-state index in [4.69, 9.17) is 9.84 Å². The van der Waals surface area contributed by atoms with E-state index in [1.807, 2.05) is 11.8 Å². The number of aliphatic hydroxyl groups excluding tert-OH is 1. The highest BCUT2D eigenvalue weighted by Gasteiger charge is 2.19. The predicted octanol–water partition coefficient (Wildman–Crippen LogP) is 1.81. The normalized spacial score (nSPS) is 10.2. The second-order valence-electron chi connectivity index (χ2n) is 3.77. The van der Waals surface area contributed by atoms with Crippen LogP contribution in [0.4, 0.5) is 11.4 Å². The molecule has 0 heterocycles. The summed E-state index contributed by atoms with van der Waals surface area (Å²) < 4.78 is 5.09. The molecule has 0 saturated heterocycles. The molecule has 100 valence electrons.